The molecule has 0 amide bonds. The van der Waals surface area contributed by atoms with Gasteiger partial charge >= 0.3 is 0 Å². The molecule has 0 saturated heterocycles. The van der Waals surface area contributed by atoms with Crippen LogP contribution < -0.4 is 0 Å². The summed E-state index contributed by atoms with van der Waals surface area (Å²) < 4.78 is 23.1. The molecular weight excluding hydrogens is 200 g/mol. The molecule has 1 aromatic carbocycles. The maximum Gasteiger partial charge on any atom is 0.185 e. The maximum absolute atomic E-state index is 11.5. The van der Waals surface area contributed by atoms with Gasteiger partial charge in [-0.3, -0.25) is 0 Å². The van der Waals surface area contributed by atoms with E-state index in [1.165, 1.54) is 12.1 Å². The number of aldehydes is 1. The first-order chi connectivity index (χ1) is 6.61. The van der Waals surface area contributed by atoms with Crippen LogP contribution in [0.2, 0.25) is 0 Å². The Morgan fingerprint density at radius 2 is 1.93 bits per heavy atom. The Kier molecular flexibility index (Phi) is 3.19. The number of rotatable bonds is 4. The highest BCUT2D eigenvalue weighted by Crippen LogP contribution is 2.17. The molecule has 0 radical (unpaired) electrons. The molecule has 0 saturated carbocycles. The largest absolute Gasteiger partial charge is 0.302 e. The van der Waals surface area contributed by atoms with Gasteiger partial charge in [0.25, 0.3) is 0 Å². The van der Waals surface area contributed by atoms with Crippen molar-refractivity contribution in [3.8, 4) is 0 Å². The molecule has 0 spiro atoms. The summed E-state index contributed by atoms with van der Waals surface area (Å²) in [6.07, 6.45) is 1.84. The van der Waals surface area contributed by atoms with E-state index in [-0.39, 0.29) is 4.90 Å². The summed E-state index contributed by atoms with van der Waals surface area (Å²) in [6, 6.07) is 6.45. The Labute approximate surface area is 83.0 Å². The highest BCUT2D eigenvalue weighted by atomic mass is 32.2. The fourth-order valence-electron chi connectivity index (χ4n) is 1.11. The van der Waals surface area contributed by atoms with Gasteiger partial charge in [0.1, 0.15) is 12.0 Å². The van der Waals surface area contributed by atoms with E-state index in [4.69, 9.17) is 0 Å². The minimum Gasteiger partial charge on any atom is -0.302 e. The molecule has 14 heavy (non-hydrogen) atoms. The minimum absolute atomic E-state index is 0.155. The van der Waals surface area contributed by atoms with Crippen LogP contribution >= 0.6 is 0 Å². The van der Waals surface area contributed by atoms with Crippen molar-refractivity contribution < 1.29 is 13.2 Å². The van der Waals surface area contributed by atoms with E-state index >= 15 is 0 Å². The Morgan fingerprint density at radius 1 is 1.29 bits per heavy atom. The molecule has 0 aromatic heterocycles. The van der Waals surface area contributed by atoms with Crippen LogP contribution in [0.5, 0.6) is 0 Å². The average Bonchev–Trinajstić information content (AvgIpc) is 2.18. The fourth-order valence-corrected chi connectivity index (χ4v) is 2.27. The molecule has 0 heterocycles. The van der Waals surface area contributed by atoms with Crippen LogP contribution in [0.25, 0.3) is 6.08 Å². The molecule has 0 aliphatic carbocycles. The first kappa shape index (κ1) is 10.7. The Bertz CT molecular complexity index is 446. The van der Waals surface area contributed by atoms with Crippen molar-refractivity contribution in [1.82, 2.24) is 0 Å². The number of carbonyl (C=O) groups excluding carboxylic acids is 1. The lowest BCUT2D eigenvalue weighted by molar-refractivity contribution is -0.105. The van der Waals surface area contributed by atoms with Gasteiger partial charge in [0.05, 0.1) is 4.90 Å². The standard InChI is InChI=1S/C10H10O3S/c1-2-9-5-3-4-6-10(9)14(12,13)8-7-11/h2-7H,1,8H2. The summed E-state index contributed by atoms with van der Waals surface area (Å²) in [5.41, 5.74) is 0.523. The lowest BCUT2D eigenvalue weighted by Crippen LogP contribution is -2.08. The van der Waals surface area contributed by atoms with Gasteiger partial charge in [-0.2, -0.15) is 0 Å². The van der Waals surface area contributed by atoms with Crippen LogP contribution in [-0.4, -0.2) is 20.5 Å². The van der Waals surface area contributed by atoms with E-state index < -0.39 is 15.6 Å². The van der Waals surface area contributed by atoms with Crippen LogP contribution in [0, 0.1) is 0 Å². The average molecular weight is 210 g/mol. The molecule has 4 heteroatoms. The van der Waals surface area contributed by atoms with Crippen molar-refractivity contribution in [2.24, 2.45) is 0 Å². The third-order valence-electron chi connectivity index (χ3n) is 1.76. The van der Waals surface area contributed by atoms with E-state index in [2.05, 4.69) is 6.58 Å². The minimum atomic E-state index is -3.49. The molecule has 74 valence electrons. The molecule has 0 bridgehead atoms. The lowest BCUT2D eigenvalue weighted by atomic mass is 10.2. The second kappa shape index (κ2) is 4.19. The van der Waals surface area contributed by atoms with Crippen molar-refractivity contribution >= 4 is 22.2 Å². The summed E-state index contributed by atoms with van der Waals surface area (Å²) in [5, 5.41) is 0. The van der Waals surface area contributed by atoms with Crippen molar-refractivity contribution in [2.75, 3.05) is 5.75 Å². The van der Waals surface area contributed by atoms with Crippen LogP contribution in [0.3, 0.4) is 0 Å². The molecule has 1 rings (SSSR count). The number of hydrogen-bond donors (Lipinski definition) is 0. The third-order valence-corrected chi connectivity index (χ3v) is 3.38. The smallest absolute Gasteiger partial charge is 0.185 e. The Hall–Kier alpha value is -1.42. The first-order valence-corrected chi connectivity index (χ1v) is 5.65. The molecule has 0 N–H and O–H groups in total. The number of hydrogen-bond acceptors (Lipinski definition) is 3. The second-order valence-corrected chi connectivity index (χ2v) is 4.69. The summed E-state index contributed by atoms with van der Waals surface area (Å²) in [4.78, 5) is 10.3. The van der Waals surface area contributed by atoms with Crippen molar-refractivity contribution in [1.29, 1.82) is 0 Å². The topological polar surface area (TPSA) is 51.2 Å². The third kappa shape index (κ3) is 2.09. The van der Waals surface area contributed by atoms with E-state index in [1.54, 1.807) is 18.2 Å². The zero-order valence-electron chi connectivity index (χ0n) is 7.51. The Morgan fingerprint density at radius 3 is 2.50 bits per heavy atom. The number of sulfone groups is 1. The summed E-state index contributed by atoms with van der Waals surface area (Å²) in [5.74, 6) is -0.488. The summed E-state index contributed by atoms with van der Waals surface area (Å²) in [7, 11) is -3.49. The second-order valence-electron chi connectivity index (χ2n) is 2.69. The van der Waals surface area contributed by atoms with Gasteiger partial charge in [0.2, 0.25) is 0 Å². The summed E-state index contributed by atoms with van der Waals surface area (Å²) in [6.45, 7) is 3.51. The highest BCUT2D eigenvalue weighted by Gasteiger charge is 2.15. The normalized spacial score (nSPS) is 10.9. The van der Waals surface area contributed by atoms with E-state index in [1.807, 2.05) is 0 Å². The van der Waals surface area contributed by atoms with Gasteiger partial charge < -0.3 is 4.79 Å². The molecule has 3 nitrogen and oxygen atoms in total. The van der Waals surface area contributed by atoms with Gasteiger partial charge in [0, 0.05) is 0 Å². The molecular formula is C10H10O3S. The molecule has 0 aliphatic rings. The van der Waals surface area contributed by atoms with E-state index in [0.717, 1.165) is 0 Å². The zero-order valence-corrected chi connectivity index (χ0v) is 8.33. The van der Waals surface area contributed by atoms with Crippen LogP contribution in [-0.2, 0) is 14.6 Å². The maximum atomic E-state index is 11.5. The van der Waals surface area contributed by atoms with Gasteiger partial charge in [-0.25, -0.2) is 8.42 Å². The summed E-state index contributed by atoms with van der Waals surface area (Å²) >= 11 is 0. The monoisotopic (exact) mass is 210 g/mol. The lowest BCUT2D eigenvalue weighted by Gasteiger charge is -2.03. The molecule has 0 atom stereocenters. The van der Waals surface area contributed by atoms with Gasteiger partial charge in [-0.1, -0.05) is 30.9 Å². The van der Waals surface area contributed by atoms with Crippen LogP contribution in [0.4, 0.5) is 0 Å². The quantitative estimate of drug-likeness (QED) is 0.704. The SMILES string of the molecule is C=Cc1ccccc1S(=O)(=O)CC=O. The van der Waals surface area contributed by atoms with Gasteiger partial charge in [-0.05, 0) is 11.6 Å². The first-order valence-electron chi connectivity index (χ1n) is 3.99. The van der Waals surface area contributed by atoms with Crippen LogP contribution in [0.15, 0.2) is 35.7 Å². The number of benzene rings is 1. The molecule has 0 aliphatic heterocycles. The zero-order chi connectivity index (χ0) is 10.6. The predicted molar refractivity (Wildman–Crippen MR) is 54.6 cm³/mol. The molecule has 0 unspecified atom stereocenters. The van der Waals surface area contributed by atoms with Crippen LogP contribution in [0.1, 0.15) is 5.56 Å². The van der Waals surface area contributed by atoms with Gasteiger partial charge in [0.15, 0.2) is 9.84 Å². The highest BCUT2D eigenvalue weighted by molar-refractivity contribution is 7.92. The fraction of sp³-hybridized carbons (Fsp3) is 0.100. The number of carbonyl (C=O) groups is 1. The van der Waals surface area contributed by atoms with E-state index in [0.29, 0.717) is 11.8 Å². The van der Waals surface area contributed by atoms with E-state index in [9.17, 15) is 13.2 Å². The molecule has 0 fully saturated rings. The van der Waals surface area contributed by atoms with Gasteiger partial charge in [-0.15, -0.1) is 0 Å². The van der Waals surface area contributed by atoms with Crippen molar-refractivity contribution in [2.45, 2.75) is 4.90 Å². The Balaban J connectivity index is 3.31. The van der Waals surface area contributed by atoms with Crippen molar-refractivity contribution in [3.05, 3.63) is 36.4 Å². The predicted octanol–water partition coefficient (Wildman–Crippen LogP) is 1.30. The molecule has 1 aromatic rings. The van der Waals surface area contributed by atoms with Crippen molar-refractivity contribution in [3.63, 3.8) is 0 Å².